The van der Waals surface area contributed by atoms with Crippen molar-refractivity contribution in [1.29, 1.82) is 0 Å². The predicted molar refractivity (Wildman–Crippen MR) is 69.4 cm³/mol. The van der Waals surface area contributed by atoms with Gasteiger partial charge in [-0.3, -0.25) is 16.3 Å². The highest BCUT2D eigenvalue weighted by atomic mass is 35.5. The quantitative estimate of drug-likeness (QED) is 0.670. The molecule has 2 aromatic rings. The topological polar surface area (TPSA) is 50.9 Å². The molecule has 100 valence electrons. The number of hydrazine groups is 1. The van der Waals surface area contributed by atoms with Crippen molar-refractivity contribution in [2.24, 2.45) is 5.84 Å². The van der Waals surface area contributed by atoms with E-state index in [0.717, 1.165) is 6.20 Å². The van der Waals surface area contributed by atoms with Crippen LogP contribution in [0.5, 0.6) is 0 Å². The number of rotatable bonds is 4. The molecule has 1 unspecified atom stereocenters. The van der Waals surface area contributed by atoms with Crippen LogP contribution in [0.3, 0.4) is 0 Å². The normalized spacial score (nSPS) is 12.4. The molecule has 1 atom stereocenters. The van der Waals surface area contributed by atoms with E-state index in [4.69, 9.17) is 17.4 Å². The third-order valence-electron chi connectivity index (χ3n) is 2.76. The number of nitrogens with zero attached hydrogens (tertiary/aromatic N) is 1. The molecule has 19 heavy (non-hydrogen) atoms. The summed E-state index contributed by atoms with van der Waals surface area (Å²) in [6, 6.07) is 7.11. The maximum absolute atomic E-state index is 13.8. The standard InChI is InChI=1S/C13H12ClF2N3/c14-10-3-1-2-8(13(10)16)6-12(19-17)11-5-4-9(15)7-18-11/h1-5,7,12,19H,6,17H2. The minimum absolute atomic E-state index is 0.0559. The SMILES string of the molecule is NNC(Cc1cccc(Cl)c1F)c1ccc(F)cn1. The van der Waals surface area contributed by atoms with Gasteiger partial charge < -0.3 is 0 Å². The van der Waals surface area contributed by atoms with Gasteiger partial charge in [-0.15, -0.1) is 0 Å². The summed E-state index contributed by atoms with van der Waals surface area (Å²) in [5.41, 5.74) is 3.49. The Labute approximate surface area is 114 Å². The fraction of sp³-hybridized carbons (Fsp3) is 0.154. The lowest BCUT2D eigenvalue weighted by Crippen LogP contribution is -2.30. The average Bonchev–Trinajstić information content (AvgIpc) is 2.42. The number of hydrogen-bond acceptors (Lipinski definition) is 3. The first-order valence-electron chi connectivity index (χ1n) is 5.62. The average molecular weight is 284 g/mol. The zero-order valence-corrected chi connectivity index (χ0v) is 10.7. The maximum Gasteiger partial charge on any atom is 0.145 e. The third kappa shape index (κ3) is 3.26. The molecule has 0 amide bonds. The van der Waals surface area contributed by atoms with Gasteiger partial charge >= 0.3 is 0 Å². The Morgan fingerprint density at radius 2 is 2.05 bits per heavy atom. The van der Waals surface area contributed by atoms with Crippen LogP contribution in [0, 0.1) is 11.6 Å². The van der Waals surface area contributed by atoms with E-state index in [9.17, 15) is 8.78 Å². The summed E-state index contributed by atoms with van der Waals surface area (Å²) < 4.78 is 26.6. The molecular formula is C13H12ClF2N3. The summed E-state index contributed by atoms with van der Waals surface area (Å²) >= 11 is 5.72. The largest absolute Gasteiger partial charge is 0.271 e. The van der Waals surface area contributed by atoms with Gasteiger partial charge in [0.1, 0.15) is 11.6 Å². The van der Waals surface area contributed by atoms with Crippen LogP contribution in [-0.4, -0.2) is 4.98 Å². The van der Waals surface area contributed by atoms with Crippen LogP contribution < -0.4 is 11.3 Å². The molecule has 0 aliphatic heterocycles. The Bertz CT molecular complexity index is 560. The highest BCUT2D eigenvalue weighted by molar-refractivity contribution is 6.30. The minimum Gasteiger partial charge on any atom is -0.271 e. The Morgan fingerprint density at radius 1 is 1.26 bits per heavy atom. The first-order chi connectivity index (χ1) is 9.11. The van der Waals surface area contributed by atoms with Crippen molar-refractivity contribution < 1.29 is 8.78 Å². The van der Waals surface area contributed by atoms with Crippen LogP contribution in [0.4, 0.5) is 8.78 Å². The Kier molecular flexibility index (Phi) is 4.42. The molecule has 6 heteroatoms. The molecule has 0 bridgehead atoms. The molecule has 0 saturated carbocycles. The van der Waals surface area contributed by atoms with Gasteiger partial charge in [0.25, 0.3) is 0 Å². The van der Waals surface area contributed by atoms with Gasteiger partial charge in [0, 0.05) is 0 Å². The molecule has 2 rings (SSSR count). The Morgan fingerprint density at radius 3 is 2.68 bits per heavy atom. The van der Waals surface area contributed by atoms with Crippen LogP contribution in [0.1, 0.15) is 17.3 Å². The first-order valence-corrected chi connectivity index (χ1v) is 6.00. The van der Waals surface area contributed by atoms with Gasteiger partial charge in [-0.05, 0) is 30.2 Å². The van der Waals surface area contributed by atoms with Crippen molar-refractivity contribution >= 4 is 11.6 Å². The highest BCUT2D eigenvalue weighted by Gasteiger charge is 2.15. The van der Waals surface area contributed by atoms with Crippen LogP contribution >= 0.6 is 11.6 Å². The summed E-state index contributed by atoms with van der Waals surface area (Å²) in [4.78, 5) is 3.92. The molecule has 3 N–H and O–H groups in total. The van der Waals surface area contributed by atoms with E-state index in [-0.39, 0.29) is 11.4 Å². The van der Waals surface area contributed by atoms with Gasteiger partial charge in [-0.2, -0.15) is 0 Å². The second-order valence-electron chi connectivity index (χ2n) is 4.04. The first kappa shape index (κ1) is 13.9. The number of nitrogens with two attached hydrogens (primary N) is 1. The summed E-state index contributed by atoms with van der Waals surface area (Å²) in [7, 11) is 0. The van der Waals surface area contributed by atoms with Crippen LogP contribution in [0.2, 0.25) is 5.02 Å². The lowest BCUT2D eigenvalue weighted by atomic mass is 10.0. The molecule has 1 aromatic heterocycles. The zero-order valence-electron chi connectivity index (χ0n) is 9.91. The summed E-state index contributed by atoms with van der Waals surface area (Å²) in [6.07, 6.45) is 1.36. The molecule has 0 aliphatic rings. The van der Waals surface area contributed by atoms with Gasteiger partial charge in [0.05, 0.1) is 23.0 Å². The van der Waals surface area contributed by atoms with Crippen molar-refractivity contribution in [1.82, 2.24) is 10.4 Å². The minimum atomic E-state index is -0.480. The van der Waals surface area contributed by atoms with Crippen molar-refractivity contribution in [3.05, 3.63) is 64.4 Å². The smallest absolute Gasteiger partial charge is 0.145 e. The summed E-state index contributed by atoms with van der Waals surface area (Å²) in [5.74, 6) is 4.52. The number of aromatic nitrogens is 1. The molecule has 0 fully saturated rings. The third-order valence-corrected chi connectivity index (χ3v) is 3.06. The summed E-state index contributed by atoms with van der Waals surface area (Å²) in [6.45, 7) is 0. The molecular weight excluding hydrogens is 272 g/mol. The van der Waals surface area contributed by atoms with Crippen LogP contribution in [-0.2, 0) is 6.42 Å². The molecule has 1 aromatic carbocycles. The van der Waals surface area contributed by atoms with E-state index in [1.807, 2.05) is 0 Å². The lowest BCUT2D eigenvalue weighted by molar-refractivity contribution is 0.515. The summed E-state index contributed by atoms with van der Waals surface area (Å²) in [5, 5.41) is 0.0559. The zero-order chi connectivity index (χ0) is 13.8. The number of halogens is 3. The van der Waals surface area contributed by atoms with E-state index in [0.29, 0.717) is 11.3 Å². The van der Waals surface area contributed by atoms with Gasteiger partial charge in [0.15, 0.2) is 0 Å². The molecule has 0 aliphatic carbocycles. The Balaban J connectivity index is 2.24. The maximum atomic E-state index is 13.8. The van der Waals surface area contributed by atoms with Crippen LogP contribution in [0.15, 0.2) is 36.5 Å². The van der Waals surface area contributed by atoms with Crippen molar-refractivity contribution in [2.75, 3.05) is 0 Å². The second-order valence-corrected chi connectivity index (χ2v) is 4.44. The van der Waals surface area contributed by atoms with E-state index < -0.39 is 17.7 Å². The number of hydrogen-bond donors (Lipinski definition) is 2. The molecule has 0 radical (unpaired) electrons. The molecule has 1 heterocycles. The lowest BCUT2D eigenvalue weighted by Gasteiger charge is -2.16. The fourth-order valence-corrected chi connectivity index (χ4v) is 1.96. The highest BCUT2D eigenvalue weighted by Crippen LogP contribution is 2.22. The van der Waals surface area contributed by atoms with Gasteiger partial charge in [0.2, 0.25) is 0 Å². The van der Waals surface area contributed by atoms with E-state index in [1.54, 1.807) is 12.1 Å². The fourth-order valence-electron chi connectivity index (χ4n) is 1.77. The van der Waals surface area contributed by atoms with Crippen molar-refractivity contribution in [2.45, 2.75) is 12.5 Å². The van der Waals surface area contributed by atoms with Crippen molar-refractivity contribution in [3.63, 3.8) is 0 Å². The molecule has 0 saturated heterocycles. The van der Waals surface area contributed by atoms with E-state index >= 15 is 0 Å². The monoisotopic (exact) mass is 283 g/mol. The van der Waals surface area contributed by atoms with Gasteiger partial charge in [-0.25, -0.2) is 8.78 Å². The number of nitrogens with one attached hydrogen (secondary N) is 1. The second kappa shape index (κ2) is 6.06. The molecule has 0 spiro atoms. The van der Waals surface area contributed by atoms with Crippen LogP contribution in [0.25, 0.3) is 0 Å². The van der Waals surface area contributed by atoms with E-state index in [2.05, 4.69) is 10.4 Å². The predicted octanol–water partition coefficient (Wildman–Crippen LogP) is 2.76. The number of pyridine rings is 1. The number of benzene rings is 1. The Hall–Kier alpha value is -1.56. The van der Waals surface area contributed by atoms with E-state index in [1.165, 1.54) is 18.2 Å². The molecule has 3 nitrogen and oxygen atoms in total. The van der Waals surface area contributed by atoms with Crippen molar-refractivity contribution in [3.8, 4) is 0 Å². The van der Waals surface area contributed by atoms with Gasteiger partial charge in [-0.1, -0.05) is 23.7 Å².